The second kappa shape index (κ2) is 6.85. The van der Waals surface area contributed by atoms with Gasteiger partial charge < -0.3 is 4.90 Å². The zero-order valence-corrected chi connectivity index (χ0v) is 15.4. The Bertz CT molecular complexity index is 912. The second-order valence-corrected chi connectivity index (χ2v) is 8.76. The summed E-state index contributed by atoms with van der Waals surface area (Å²) >= 11 is 0. The van der Waals surface area contributed by atoms with Gasteiger partial charge >= 0.3 is 0 Å². The van der Waals surface area contributed by atoms with E-state index in [0.717, 1.165) is 12.0 Å². The van der Waals surface area contributed by atoms with Crippen molar-refractivity contribution < 1.29 is 13.2 Å². The minimum atomic E-state index is -3.65. The standard InChI is InChI=1S/C20H22N2O3S/c23-20(21-14-12-16-7-4-5-8-17(16)15-21)19-11-6-13-22(19)26(24,25)18-9-2-1-3-10-18/h1-5,7-10,19H,6,11-15H2. The Labute approximate surface area is 154 Å². The fraction of sp³-hybridized carbons (Fsp3) is 0.350. The summed E-state index contributed by atoms with van der Waals surface area (Å²) in [6, 6.07) is 15.9. The molecular weight excluding hydrogens is 348 g/mol. The maximum absolute atomic E-state index is 13.1. The molecule has 0 bridgehead atoms. The summed E-state index contributed by atoms with van der Waals surface area (Å²) < 4.78 is 27.4. The van der Waals surface area contributed by atoms with E-state index in [9.17, 15) is 13.2 Å². The first-order valence-electron chi connectivity index (χ1n) is 9.00. The lowest BCUT2D eigenvalue weighted by Crippen LogP contribution is -2.49. The third-order valence-corrected chi connectivity index (χ3v) is 7.20. The Morgan fingerprint density at radius 1 is 0.923 bits per heavy atom. The van der Waals surface area contributed by atoms with Crippen LogP contribution in [0.3, 0.4) is 0 Å². The predicted octanol–water partition coefficient (Wildman–Crippen LogP) is 2.42. The highest BCUT2D eigenvalue weighted by molar-refractivity contribution is 7.89. The summed E-state index contributed by atoms with van der Waals surface area (Å²) in [4.78, 5) is 15.2. The molecule has 2 aromatic rings. The molecule has 0 radical (unpaired) electrons. The monoisotopic (exact) mass is 370 g/mol. The Morgan fingerprint density at radius 2 is 1.62 bits per heavy atom. The van der Waals surface area contributed by atoms with Crippen LogP contribution in [0.15, 0.2) is 59.5 Å². The van der Waals surface area contributed by atoms with E-state index in [0.29, 0.717) is 32.5 Å². The van der Waals surface area contributed by atoms with Gasteiger partial charge in [-0.3, -0.25) is 4.79 Å². The van der Waals surface area contributed by atoms with Crippen LogP contribution in [-0.4, -0.2) is 42.7 Å². The quantitative estimate of drug-likeness (QED) is 0.834. The molecular formula is C20H22N2O3S. The van der Waals surface area contributed by atoms with Crippen LogP contribution in [0.5, 0.6) is 0 Å². The molecule has 1 unspecified atom stereocenters. The smallest absolute Gasteiger partial charge is 0.243 e. The number of carbonyl (C=O) groups is 1. The summed E-state index contributed by atoms with van der Waals surface area (Å²) in [6.45, 7) is 1.61. The van der Waals surface area contributed by atoms with E-state index < -0.39 is 16.1 Å². The van der Waals surface area contributed by atoms with E-state index in [1.807, 2.05) is 23.1 Å². The minimum absolute atomic E-state index is 0.0727. The van der Waals surface area contributed by atoms with Crippen molar-refractivity contribution >= 4 is 15.9 Å². The molecule has 0 saturated carbocycles. The van der Waals surface area contributed by atoms with Crippen LogP contribution in [0.4, 0.5) is 0 Å². The van der Waals surface area contributed by atoms with Crippen LogP contribution in [0.25, 0.3) is 0 Å². The molecule has 0 spiro atoms. The number of sulfonamides is 1. The predicted molar refractivity (Wildman–Crippen MR) is 98.9 cm³/mol. The molecule has 136 valence electrons. The van der Waals surface area contributed by atoms with Gasteiger partial charge in [0, 0.05) is 19.6 Å². The topological polar surface area (TPSA) is 57.7 Å². The first-order valence-corrected chi connectivity index (χ1v) is 10.4. The maximum atomic E-state index is 13.1. The maximum Gasteiger partial charge on any atom is 0.243 e. The number of amides is 1. The van der Waals surface area contributed by atoms with Crippen LogP contribution in [-0.2, 0) is 27.8 Å². The largest absolute Gasteiger partial charge is 0.337 e. The molecule has 2 aliphatic rings. The van der Waals surface area contributed by atoms with Crippen LogP contribution in [0.1, 0.15) is 24.0 Å². The van der Waals surface area contributed by atoms with Crippen LogP contribution < -0.4 is 0 Å². The Balaban J connectivity index is 1.56. The molecule has 1 saturated heterocycles. The molecule has 0 aromatic heterocycles. The molecule has 2 aromatic carbocycles. The van der Waals surface area contributed by atoms with Crippen LogP contribution in [0.2, 0.25) is 0 Å². The summed E-state index contributed by atoms with van der Waals surface area (Å²) in [5, 5.41) is 0. The highest BCUT2D eigenvalue weighted by Gasteiger charge is 2.41. The highest BCUT2D eigenvalue weighted by atomic mass is 32.2. The van der Waals surface area contributed by atoms with Gasteiger partial charge in [0.2, 0.25) is 15.9 Å². The van der Waals surface area contributed by atoms with E-state index in [-0.39, 0.29) is 10.8 Å². The molecule has 0 aliphatic carbocycles. The third-order valence-electron chi connectivity index (χ3n) is 5.28. The average Bonchev–Trinajstić information content (AvgIpc) is 3.18. The first-order chi connectivity index (χ1) is 12.6. The van der Waals surface area contributed by atoms with Gasteiger partial charge in [-0.15, -0.1) is 0 Å². The van der Waals surface area contributed by atoms with Crippen molar-refractivity contribution in [2.75, 3.05) is 13.1 Å². The van der Waals surface area contributed by atoms with E-state index in [2.05, 4.69) is 6.07 Å². The molecule has 1 atom stereocenters. The molecule has 1 amide bonds. The number of hydrogen-bond acceptors (Lipinski definition) is 3. The summed E-state index contributed by atoms with van der Waals surface area (Å²) in [6.07, 6.45) is 2.12. The van der Waals surface area contributed by atoms with E-state index in [4.69, 9.17) is 0 Å². The van der Waals surface area contributed by atoms with Gasteiger partial charge in [0.15, 0.2) is 0 Å². The fourth-order valence-corrected chi connectivity index (χ4v) is 5.57. The summed E-state index contributed by atoms with van der Waals surface area (Å²) in [7, 11) is -3.65. The number of benzene rings is 2. The van der Waals surface area contributed by atoms with E-state index in [1.54, 1.807) is 30.3 Å². The number of fused-ring (bicyclic) bond motifs is 1. The lowest BCUT2D eigenvalue weighted by atomic mass is 9.99. The Hall–Kier alpha value is -2.18. The van der Waals surface area contributed by atoms with Crippen molar-refractivity contribution in [2.24, 2.45) is 0 Å². The minimum Gasteiger partial charge on any atom is -0.337 e. The van der Waals surface area contributed by atoms with Crippen LogP contribution in [0, 0.1) is 0 Å². The van der Waals surface area contributed by atoms with Gasteiger partial charge in [0.1, 0.15) is 6.04 Å². The van der Waals surface area contributed by atoms with Crippen molar-refractivity contribution in [3.05, 3.63) is 65.7 Å². The Kier molecular flexibility index (Phi) is 4.54. The second-order valence-electron chi connectivity index (χ2n) is 6.87. The number of hydrogen-bond donors (Lipinski definition) is 0. The van der Waals surface area contributed by atoms with E-state index >= 15 is 0 Å². The van der Waals surface area contributed by atoms with Gasteiger partial charge in [-0.25, -0.2) is 8.42 Å². The molecule has 2 heterocycles. The van der Waals surface area contributed by atoms with Gasteiger partial charge in [0.25, 0.3) is 0 Å². The van der Waals surface area contributed by atoms with Gasteiger partial charge in [-0.2, -0.15) is 4.31 Å². The number of nitrogens with zero attached hydrogens (tertiary/aromatic N) is 2. The number of carbonyl (C=O) groups excluding carboxylic acids is 1. The first kappa shape index (κ1) is 17.2. The van der Waals surface area contributed by atoms with Gasteiger partial charge in [0.05, 0.1) is 4.90 Å². The molecule has 26 heavy (non-hydrogen) atoms. The van der Waals surface area contributed by atoms with Crippen molar-refractivity contribution in [1.82, 2.24) is 9.21 Å². The molecule has 6 heteroatoms. The van der Waals surface area contributed by atoms with Crippen molar-refractivity contribution in [3.63, 3.8) is 0 Å². The van der Waals surface area contributed by atoms with Gasteiger partial charge in [-0.05, 0) is 42.5 Å². The van der Waals surface area contributed by atoms with Crippen molar-refractivity contribution in [3.8, 4) is 0 Å². The molecule has 2 aliphatic heterocycles. The average molecular weight is 370 g/mol. The molecule has 0 N–H and O–H groups in total. The molecule has 5 nitrogen and oxygen atoms in total. The third kappa shape index (κ3) is 3.04. The molecule has 4 rings (SSSR count). The lowest BCUT2D eigenvalue weighted by Gasteiger charge is -2.33. The number of rotatable bonds is 3. The van der Waals surface area contributed by atoms with E-state index in [1.165, 1.54) is 9.87 Å². The summed E-state index contributed by atoms with van der Waals surface area (Å²) in [5.41, 5.74) is 2.43. The summed E-state index contributed by atoms with van der Waals surface area (Å²) in [5.74, 6) is -0.0727. The lowest BCUT2D eigenvalue weighted by molar-refractivity contribution is -0.135. The normalized spacial score (nSPS) is 20.8. The van der Waals surface area contributed by atoms with Crippen LogP contribution >= 0.6 is 0 Å². The zero-order valence-electron chi connectivity index (χ0n) is 14.5. The highest BCUT2D eigenvalue weighted by Crippen LogP contribution is 2.29. The SMILES string of the molecule is O=C(C1CCCN1S(=O)(=O)c1ccccc1)N1CCc2ccccc2C1. The molecule has 1 fully saturated rings. The van der Waals surface area contributed by atoms with Gasteiger partial charge in [-0.1, -0.05) is 42.5 Å². The van der Waals surface area contributed by atoms with Crippen molar-refractivity contribution in [1.29, 1.82) is 0 Å². The Morgan fingerprint density at radius 3 is 2.38 bits per heavy atom. The fourth-order valence-electron chi connectivity index (χ4n) is 3.90. The van der Waals surface area contributed by atoms with Crippen molar-refractivity contribution in [2.45, 2.75) is 36.7 Å². The zero-order chi connectivity index (χ0) is 18.1.